The highest BCUT2D eigenvalue weighted by molar-refractivity contribution is 5.71. The van der Waals surface area contributed by atoms with E-state index in [1.807, 2.05) is 0 Å². The first-order chi connectivity index (χ1) is 30.8. The van der Waals surface area contributed by atoms with E-state index >= 15 is 0 Å². The van der Waals surface area contributed by atoms with Crippen LogP contribution in [-0.2, 0) is 28.6 Å². The van der Waals surface area contributed by atoms with Gasteiger partial charge in [0.05, 0.1) is 0 Å². The Morgan fingerprint density at radius 1 is 0.333 bits per heavy atom. The van der Waals surface area contributed by atoms with Crippen LogP contribution in [0.4, 0.5) is 0 Å². The first kappa shape index (κ1) is 61.4. The standard InChI is InChI=1S/C57H110O6/c1-6-8-9-10-11-12-27-32-37-42-47-55(58)61-50-54(63-57(60)49-44-39-34-29-24-23-25-30-35-40-45-52(3)4)51-62-56(59)48-43-38-33-28-22-20-18-16-14-13-15-17-19-21-26-31-36-41-46-53(5)7-2/h52-54H,6-51H2,1-5H3/t53?,54-/m0/s1. The molecule has 0 aliphatic rings. The van der Waals surface area contributed by atoms with Crippen molar-refractivity contribution in [2.75, 3.05) is 13.2 Å². The molecular formula is C57H110O6. The second-order valence-corrected chi connectivity index (χ2v) is 20.3. The molecule has 6 nitrogen and oxygen atoms in total. The van der Waals surface area contributed by atoms with Gasteiger partial charge in [-0.15, -0.1) is 0 Å². The van der Waals surface area contributed by atoms with E-state index in [4.69, 9.17) is 14.2 Å². The lowest BCUT2D eigenvalue weighted by molar-refractivity contribution is -0.167. The predicted molar refractivity (Wildman–Crippen MR) is 270 cm³/mol. The Kier molecular flexibility index (Phi) is 48.6. The molecule has 374 valence electrons. The molecule has 0 bridgehead atoms. The number of carbonyl (C=O) groups excluding carboxylic acids is 3. The van der Waals surface area contributed by atoms with Gasteiger partial charge in [-0.1, -0.05) is 279 Å². The molecule has 0 N–H and O–H groups in total. The van der Waals surface area contributed by atoms with Crippen LogP contribution in [0.3, 0.4) is 0 Å². The molecule has 0 fully saturated rings. The summed E-state index contributed by atoms with van der Waals surface area (Å²) < 4.78 is 16.8. The number of unbranched alkanes of at least 4 members (excludes halogenated alkanes) is 35. The summed E-state index contributed by atoms with van der Waals surface area (Å²) in [7, 11) is 0. The zero-order valence-electron chi connectivity index (χ0n) is 43.2. The Hall–Kier alpha value is -1.59. The van der Waals surface area contributed by atoms with Gasteiger partial charge in [0.2, 0.25) is 0 Å². The van der Waals surface area contributed by atoms with Gasteiger partial charge in [-0.2, -0.15) is 0 Å². The van der Waals surface area contributed by atoms with Crippen LogP contribution in [0, 0.1) is 11.8 Å². The zero-order chi connectivity index (χ0) is 46.1. The van der Waals surface area contributed by atoms with Crippen LogP contribution in [0.1, 0.15) is 317 Å². The van der Waals surface area contributed by atoms with Gasteiger partial charge in [0.25, 0.3) is 0 Å². The highest BCUT2D eigenvalue weighted by Gasteiger charge is 2.19. The highest BCUT2D eigenvalue weighted by Crippen LogP contribution is 2.18. The van der Waals surface area contributed by atoms with Crippen molar-refractivity contribution in [2.45, 2.75) is 323 Å². The summed E-state index contributed by atoms with van der Waals surface area (Å²) in [6, 6.07) is 0. The topological polar surface area (TPSA) is 78.9 Å². The summed E-state index contributed by atoms with van der Waals surface area (Å²) in [5.74, 6) is 0.882. The Morgan fingerprint density at radius 2 is 0.603 bits per heavy atom. The van der Waals surface area contributed by atoms with Crippen molar-refractivity contribution in [3.63, 3.8) is 0 Å². The van der Waals surface area contributed by atoms with Crippen molar-refractivity contribution < 1.29 is 28.6 Å². The molecule has 0 heterocycles. The summed E-state index contributed by atoms with van der Waals surface area (Å²) in [5, 5.41) is 0. The van der Waals surface area contributed by atoms with E-state index in [0.717, 1.165) is 69.6 Å². The summed E-state index contributed by atoms with van der Waals surface area (Å²) in [6.45, 7) is 11.4. The van der Waals surface area contributed by atoms with E-state index in [2.05, 4.69) is 34.6 Å². The van der Waals surface area contributed by atoms with Crippen LogP contribution >= 0.6 is 0 Å². The van der Waals surface area contributed by atoms with Crippen molar-refractivity contribution in [1.82, 2.24) is 0 Å². The predicted octanol–water partition coefficient (Wildman–Crippen LogP) is 18.5. The number of hydrogen-bond acceptors (Lipinski definition) is 6. The number of carbonyl (C=O) groups is 3. The van der Waals surface area contributed by atoms with Crippen molar-refractivity contribution in [3.8, 4) is 0 Å². The summed E-state index contributed by atoms with van der Waals surface area (Å²) >= 11 is 0. The van der Waals surface area contributed by atoms with Gasteiger partial charge in [0, 0.05) is 19.3 Å². The van der Waals surface area contributed by atoms with E-state index in [9.17, 15) is 14.4 Å². The van der Waals surface area contributed by atoms with Crippen molar-refractivity contribution in [1.29, 1.82) is 0 Å². The van der Waals surface area contributed by atoms with Crippen LogP contribution < -0.4 is 0 Å². The summed E-state index contributed by atoms with van der Waals surface area (Å²) in [6.07, 6.45) is 52.4. The highest BCUT2D eigenvalue weighted by atomic mass is 16.6. The van der Waals surface area contributed by atoms with Crippen LogP contribution in [0.2, 0.25) is 0 Å². The molecule has 63 heavy (non-hydrogen) atoms. The zero-order valence-corrected chi connectivity index (χ0v) is 43.2. The molecule has 0 aliphatic heterocycles. The number of ether oxygens (including phenoxy) is 3. The quantitative estimate of drug-likeness (QED) is 0.0344. The Morgan fingerprint density at radius 3 is 0.905 bits per heavy atom. The van der Waals surface area contributed by atoms with E-state index in [-0.39, 0.29) is 31.1 Å². The van der Waals surface area contributed by atoms with Gasteiger partial charge in [0.15, 0.2) is 6.10 Å². The molecule has 0 spiro atoms. The monoisotopic (exact) mass is 891 g/mol. The van der Waals surface area contributed by atoms with E-state index in [1.54, 1.807) is 0 Å². The SMILES string of the molecule is CCCCCCCCCCCCC(=O)OC[C@@H](COC(=O)CCCCCCCCCCCCCCCCCCCCC(C)CC)OC(=O)CCCCCCCCCCCCC(C)C. The first-order valence-corrected chi connectivity index (χ1v) is 28.3. The van der Waals surface area contributed by atoms with Gasteiger partial charge in [-0.3, -0.25) is 14.4 Å². The average Bonchev–Trinajstić information content (AvgIpc) is 3.27. The van der Waals surface area contributed by atoms with Gasteiger partial charge in [-0.05, 0) is 31.1 Å². The fourth-order valence-electron chi connectivity index (χ4n) is 8.66. The average molecular weight is 892 g/mol. The minimum atomic E-state index is -0.761. The molecule has 0 saturated heterocycles. The Bertz CT molecular complexity index is 964. The van der Waals surface area contributed by atoms with E-state index in [1.165, 1.54) is 205 Å². The molecule has 0 aromatic carbocycles. The molecule has 1 unspecified atom stereocenters. The lowest BCUT2D eigenvalue weighted by atomic mass is 9.99. The van der Waals surface area contributed by atoms with Crippen molar-refractivity contribution in [2.24, 2.45) is 11.8 Å². The van der Waals surface area contributed by atoms with Crippen molar-refractivity contribution in [3.05, 3.63) is 0 Å². The number of esters is 3. The van der Waals surface area contributed by atoms with Gasteiger partial charge in [-0.25, -0.2) is 0 Å². The maximum atomic E-state index is 12.8. The Labute approximate surface area is 393 Å². The van der Waals surface area contributed by atoms with Gasteiger partial charge >= 0.3 is 17.9 Å². The van der Waals surface area contributed by atoms with Crippen molar-refractivity contribution >= 4 is 17.9 Å². The summed E-state index contributed by atoms with van der Waals surface area (Å²) in [4.78, 5) is 38.0. The summed E-state index contributed by atoms with van der Waals surface area (Å²) in [5.41, 5.74) is 0. The third-order valence-electron chi connectivity index (χ3n) is 13.3. The molecule has 0 aromatic heterocycles. The second-order valence-electron chi connectivity index (χ2n) is 20.3. The minimum absolute atomic E-state index is 0.0632. The fraction of sp³-hybridized carbons (Fsp3) is 0.947. The van der Waals surface area contributed by atoms with Crippen LogP contribution in [0.15, 0.2) is 0 Å². The lowest BCUT2D eigenvalue weighted by Crippen LogP contribution is -2.30. The van der Waals surface area contributed by atoms with E-state index < -0.39 is 6.10 Å². The third-order valence-corrected chi connectivity index (χ3v) is 13.3. The van der Waals surface area contributed by atoms with Crippen LogP contribution in [-0.4, -0.2) is 37.2 Å². The minimum Gasteiger partial charge on any atom is -0.462 e. The fourth-order valence-corrected chi connectivity index (χ4v) is 8.66. The van der Waals surface area contributed by atoms with Gasteiger partial charge in [0.1, 0.15) is 13.2 Å². The molecule has 6 heteroatoms. The molecule has 0 rings (SSSR count). The van der Waals surface area contributed by atoms with Crippen LogP contribution in [0.5, 0.6) is 0 Å². The first-order valence-electron chi connectivity index (χ1n) is 28.3. The normalized spacial score (nSPS) is 12.5. The molecule has 0 aromatic rings. The molecular weight excluding hydrogens is 781 g/mol. The van der Waals surface area contributed by atoms with Crippen LogP contribution in [0.25, 0.3) is 0 Å². The molecule has 0 saturated carbocycles. The molecule has 0 aliphatic carbocycles. The molecule has 0 radical (unpaired) electrons. The smallest absolute Gasteiger partial charge is 0.306 e. The molecule has 2 atom stereocenters. The maximum Gasteiger partial charge on any atom is 0.306 e. The van der Waals surface area contributed by atoms with E-state index in [0.29, 0.717) is 19.3 Å². The third kappa shape index (κ3) is 49.7. The largest absolute Gasteiger partial charge is 0.462 e. The number of hydrogen-bond donors (Lipinski definition) is 0. The van der Waals surface area contributed by atoms with Gasteiger partial charge < -0.3 is 14.2 Å². The number of rotatable bonds is 51. The lowest BCUT2D eigenvalue weighted by Gasteiger charge is -2.18. The Balaban J connectivity index is 4.18. The molecule has 0 amide bonds. The maximum absolute atomic E-state index is 12.8. The second kappa shape index (κ2) is 49.8.